The molecule has 2 aromatic carbocycles. The Kier molecular flexibility index (Phi) is 4.02. The minimum absolute atomic E-state index is 0.0531. The van der Waals surface area contributed by atoms with Crippen LogP contribution in [0.5, 0.6) is 0 Å². The molecule has 1 aromatic heterocycles. The summed E-state index contributed by atoms with van der Waals surface area (Å²) in [7, 11) is 0. The lowest BCUT2D eigenvalue weighted by Gasteiger charge is -2.08. The fourth-order valence-corrected chi connectivity index (χ4v) is 2.04. The minimum Gasteiger partial charge on any atom is -0.368 e. The zero-order valence-electron chi connectivity index (χ0n) is 11.5. The second-order valence-electron chi connectivity index (χ2n) is 4.48. The molecule has 4 N–H and O–H groups in total. The summed E-state index contributed by atoms with van der Waals surface area (Å²) in [6, 6.07) is 17.6. The maximum absolute atomic E-state index is 5.74. The van der Waals surface area contributed by atoms with Crippen molar-refractivity contribution < 1.29 is 0 Å². The topological polar surface area (TPSA) is 88.8 Å². The molecule has 0 aliphatic heterocycles. The molecule has 110 valence electrons. The van der Waals surface area contributed by atoms with Gasteiger partial charge in [-0.3, -0.25) is 0 Å². The van der Waals surface area contributed by atoms with Crippen molar-refractivity contribution >= 4 is 40.6 Å². The Balaban J connectivity index is 1.71. The van der Waals surface area contributed by atoms with E-state index in [0.717, 1.165) is 17.1 Å². The molecule has 1 heterocycles. The van der Waals surface area contributed by atoms with Gasteiger partial charge in [0.05, 0.1) is 0 Å². The van der Waals surface area contributed by atoms with E-state index in [-0.39, 0.29) is 11.2 Å². The van der Waals surface area contributed by atoms with Crippen molar-refractivity contribution in [2.45, 2.75) is 0 Å². The van der Waals surface area contributed by atoms with Crippen LogP contribution in [0.15, 0.2) is 54.6 Å². The van der Waals surface area contributed by atoms with Crippen molar-refractivity contribution in [2.75, 3.05) is 16.4 Å². The van der Waals surface area contributed by atoms with E-state index in [2.05, 4.69) is 25.6 Å². The molecule has 0 radical (unpaired) electrons. The van der Waals surface area contributed by atoms with Crippen LogP contribution in [0.25, 0.3) is 0 Å². The number of nitrogens with zero attached hydrogens (tertiary/aromatic N) is 3. The zero-order chi connectivity index (χ0) is 15.4. The second kappa shape index (κ2) is 6.28. The number of nitrogens with two attached hydrogens (primary N) is 1. The van der Waals surface area contributed by atoms with Gasteiger partial charge in [0.25, 0.3) is 0 Å². The molecule has 7 heteroatoms. The monoisotopic (exact) mass is 312 g/mol. The number of anilines is 5. The minimum atomic E-state index is 0.0531. The Morgan fingerprint density at radius 2 is 1.32 bits per heavy atom. The third kappa shape index (κ3) is 3.62. The maximum Gasteiger partial charge on any atom is 0.233 e. The van der Waals surface area contributed by atoms with Crippen molar-refractivity contribution in [3.63, 3.8) is 0 Å². The van der Waals surface area contributed by atoms with Crippen molar-refractivity contribution in [1.82, 2.24) is 15.0 Å². The molecule has 0 unspecified atom stereocenters. The van der Waals surface area contributed by atoms with Gasteiger partial charge in [-0.15, -0.1) is 0 Å². The summed E-state index contributed by atoms with van der Waals surface area (Å²) in [5, 5.41) is 6.38. The lowest BCUT2D eigenvalue weighted by Crippen LogP contribution is -2.03. The third-order valence-electron chi connectivity index (χ3n) is 2.83. The summed E-state index contributed by atoms with van der Waals surface area (Å²) in [5.74, 6) is 0.381. The van der Waals surface area contributed by atoms with Crippen LogP contribution in [0.1, 0.15) is 0 Å². The molecule has 0 aliphatic rings. The number of aromatic nitrogens is 3. The number of benzene rings is 2. The largest absolute Gasteiger partial charge is 0.368 e. The number of hydrogen-bond donors (Lipinski definition) is 3. The molecule has 0 spiro atoms. The van der Waals surface area contributed by atoms with Gasteiger partial charge >= 0.3 is 0 Å². The van der Waals surface area contributed by atoms with Gasteiger partial charge < -0.3 is 16.4 Å². The number of hydrogen-bond acceptors (Lipinski definition) is 6. The molecule has 22 heavy (non-hydrogen) atoms. The Hall–Kier alpha value is -2.86. The predicted molar refractivity (Wildman–Crippen MR) is 88.7 cm³/mol. The van der Waals surface area contributed by atoms with E-state index in [1.165, 1.54) is 0 Å². The first-order chi connectivity index (χ1) is 10.7. The van der Waals surface area contributed by atoms with Gasteiger partial charge in [-0.25, -0.2) is 0 Å². The lowest BCUT2D eigenvalue weighted by molar-refractivity contribution is 1.07. The van der Waals surface area contributed by atoms with Gasteiger partial charge in [-0.05, 0) is 48.0 Å². The van der Waals surface area contributed by atoms with Crippen LogP contribution >= 0.6 is 11.6 Å². The van der Waals surface area contributed by atoms with E-state index >= 15 is 0 Å². The Morgan fingerprint density at radius 3 is 1.95 bits per heavy atom. The first-order valence-electron chi connectivity index (χ1n) is 6.55. The number of nitrogens with one attached hydrogen (secondary N) is 2. The first kappa shape index (κ1) is 14.1. The molecule has 0 atom stereocenters. The number of nitrogen functional groups attached to an aromatic ring is 1. The van der Waals surface area contributed by atoms with E-state index in [1.807, 2.05) is 54.6 Å². The Morgan fingerprint density at radius 1 is 0.727 bits per heavy atom. The Bertz CT molecular complexity index is 740. The average Bonchev–Trinajstić information content (AvgIpc) is 2.49. The SMILES string of the molecule is Nc1nc(Cl)nc(Nc2ccc(Nc3ccccc3)cc2)n1. The van der Waals surface area contributed by atoms with Crippen molar-refractivity contribution in [3.05, 3.63) is 59.9 Å². The fraction of sp³-hybridized carbons (Fsp3) is 0. The van der Waals surface area contributed by atoms with Crippen LogP contribution in [0.2, 0.25) is 5.28 Å². The number of para-hydroxylation sites is 1. The van der Waals surface area contributed by atoms with E-state index < -0.39 is 0 Å². The highest BCUT2D eigenvalue weighted by Gasteiger charge is 2.03. The first-order valence-corrected chi connectivity index (χ1v) is 6.93. The van der Waals surface area contributed by atoms with E-state index in [0.29, 0.717) is 5.95 Å². The Labute approximate surface area is 132 Å². The summed E-state index contributed by atoms with van der Waals surface area (Å²) in [4.78, 5) is 11.6. The normalized spacial score (nSPS) is 10.2. The maximum atomic E-state index is 5.74. The molecule has 3 rings (SSSR count). The predicted octanol–water partition coefficient (Wildman–Crippen LogP) is 3.59. The van der Waals surface area contributed by atoms with Crippen LogP contribution in [-0.4, -0.2) is 15.0 Å². The van der Waals surface area contributed by atoms with E-state index in [9.17, 15) is 0 Å². The molecule has 0 saturated carbocycles. The third-order valence-corrected chi connectivity index (χ3v) is 3.00. The molecule has 0 amide bonds. The van der Waals surface area contributed by atoms with E-state index in [1.54, 1.807) is 0 Å². The molecular formula is C15H13ClN6. The van der Waals surface area contributed by atoms with Crippen LogP contribution < -0.4 is 16.4 Å². The summed E-state index contributed by atoms with van der Waals surface area (Å²) in [5.41, 5.74) is 8.35. The summed E-state index contributed by atoms with van der Waals surface area (Å²) in [6.45, 7) is 0. The number of halogens is 1. The lowest BCUT2D eigenvalue weighted by atomic mass is 10.2. The van der Waals surface area contributed by atoms with Crippen molar-refractivity contribution in [3.8, 4) is 0 Å². The van der Waals surface area contributed by atoms with Crippen LogP contribution in [-0.2, 0) is 0 Å². The molecule has 0 aliphatic carbocycles. The molecule has 0 saturated heterocycles. The van der Waals surface area contributed by atoms with Crippen LogP contribution in [0.3, 0.4) is 0 Å². The smallest absolute Gasteiger partial charge is 0.233 e. The van der Waals surface area contributed by atoms with Crippen LogP contribution in [0.4, 0.5) is 29.0 Å². The molecule has 3 aromatic rings. The molecule has 0 bridgehead atoms. The van der Waals surface area contributed by atoms with Gasteiger partial charge in [0.1, 0.15) is 0 Å². The van der Waals surface area contributed by atoms with Gasteiger partial charge in [0.15, 0.2) is 0 Å². The number of rotatable bonds is 4. The van der Waals surface area contributed by atoms with Gasteiger partial charge in [-0.2, -0.15) is 15.0 Å². The van der Waals surface area contributed by atoms with Crippen molar-refractivity contribution in [2.24, 2.45) is 0 Å². The molecule has 6 nitrogen and oxygen atoms in total. The quantitative estimate of drug-likeness (QED) is 0.682. The van der Waals surface area contributed by atoms with Crippen LogP contribution in [0, 0.1) is 0 Å². The van der Waals surface area contributed by atoms with E-state index in [4.69, 9.17) is 17.3 Å². The van der Waals surface area contributed by atoms with Crippen molar-refractivity contribution in [1.29, 1.82) is 0 Å². The average molecular weight is 313 g/mol. The fourth-order valence-electron chi connectivity index (χ4n) is 1.88. The summed E-state index contributed by atoms with van der Waals surface area (Å²) in [6.07, 6.45) is 0. The highest BCUT2D eigenvalue weighted by atomic mass is 35.5. The standard InChI is InChI=1S/C15H13ClN6/c16-13-20-14(17)22-15(21-13)19-12-8-6-11(7-9-12)18-10-4-2-1-3-5-10/h1-9,18H,(H3,17,19,20,21,22). The summed E-state index contributed by atoms with van der Waals surface area (Å²) < 4.78 is 0. The molecule has 0 fully saturated rings. The molecular weight excluding hydrogens is 300 g/mol. The second-order valence-corrected chi connectivity index (χ2v) is 4.82. The van der Waals surface area contributed by atoms with Gasteiger partial charge in [0.2, 0.25) is 17.2 Å². The zero-order valence-corrected chi connectivity index (χ0v) is 12.2. The summed E-state index contributed by atoms with van der Waals surface area (Å²) >= 11 is 5.74. The van der Waals surface area contributed by atoms with Gasteiger partial charge in [-0.1, -0.05) is 18.2 Å². The highest BCUT2D eigenvalue weighted by molar-refractivity contribution is 6.28. The van der Waals surface area contributed by atoms with Gasteiger partial charge in [0, 0.05) is 17.1 Å². The highest BCUT2D eigenvalue weighted by Crippen LogP contribution is 2.20.